The minimum atomic E-state index is -0.214. The quantitative estimate of drug-likeness (QED) is 0.782. The largest absolute Gasteiger partial charge is 0.375 e. The molecule has 0 aliphatic rings. The van der Waals surface area contributed by atoms with Gasteiger partial charge in [-0.25, -0.2) is 9.37 Å². The highest BCUT2D eigenvalue weighted by atomic mass is 32.1. The van der Waals surface area contributed by atoms with Gasteiger partial charge >= 0.3 is 0 Å². The summed E-state index contributed by atoms with van der Waals surface area (Å²) in [6.07, 6.45) is 0. The monoisotopic (exact) mass is 208 g/mol. The Hall–Kier alpha value is -1.42. The van der Waals surface area contributed by atoms with Gasteiger partial charge in [0.2, 0.25) is 0 Å². The Labute approximate surface area is 85.2 Å². The highest BCUT2D eigenvalue weighted by Crippen LogP contribution is 2.26. The third kappa shape index (κ3) is 1.48. The zero-order valence-corrected chi connectivity index (χ0v) is 8.44. The van der Waals surface area contributed by atoms with E-state index >= 15 is 0 Å². The van der Waals surface area contributed by atoms with E-state index < -0.39 is 0 Å². The van der Waals surface area contributed by atoms with Gasteiger partial charge in [0.15, 0.2) is 5.13 Å². The number of hydrogen-bond donors (Lipinski definition) is 1. The SMILES string of the molecule is Cc1c(F)cccc1-c1csc(N)n1. The first-order valence-corrected chi connectivity index (χ1v) is 5.03. The number of nitrogen functional groups attached to an aromatic ring is 1. The molecule has 0 amide bonds. The minimum absolute atomic E-state index is 0.214. The van der Waals surface area contributed by atoms with Gasteiger partial charge in [0.05, 0.1) is 5.69 Å². The Morgan fingerprint density at radius 1 is 1.43 bits per heavy atom. The van der Waals surface area contributed by atoms with Crippen molar-refractivity contribution in [3.8, 4) is 11.3 Å². The first-order valence-electron chi connectivity index (χ1n) is 4.15. The topological polar surface area (TPSA) is 38.9 Å². The molecule has 2 nitrogen and oxygen atoms in total. The zero-order chi connectivity index (χ0) is 10.1. The van der Waals surface area contributed by atoms with Gasteiger partial charge in [-0.15, -0.1) is 11.3 Å². The third-order valence-electron chi connectivity index (χ3n) is 2.07. The molecule has 0 saturated heterocycles. The molecule has 72 valence electrons. The van der Waals surface area contributed by atoms with E-state index in [9.17, 15) is 4.39 Å². The molecule has 0 aliphatic carbocycles. The van der Waals surface area contributed by atoms with Crippen molar-refractivity contribution in [3.05, 3.63) is 35.0 Å². The summed E-state index contributed by atoms with van der Waals surface area (Å²) in [6, 6.07) is 4.95. The third-order valence-corrected chi connectivity index (χ3v) is 2.74. The summed E-state index contributed by atoms with van der Waals surface area (Å²) in [5, 5.41) is 2.33. The molecule has 0 unspecified atom stereocenters. The van der Waals surface area contributed by atoms with Gasteiger partial charge in [0, 0.05) is 10.9 Å². The molecule has 1 heterocycles. The number of rotatable bonds is 1. The Morgan fingerprint density at radius 2 is 2.21 bits per heavy atom. The van der Waals surface area contributed by atoms with Crippen LogP contribution >= 0.6 is 11.3 Å². The summed E-state index contributed by atoms with van der Waals surface area (Å²) in [5.74, 6) is -0.214. The number of benzene rings is 1. The highest BCUT2D eigenvalue weighted by Gasteiger charge is 2.08. The molecule has 0 spiro atoms. The van der Waals surface area contributed by atoms with Crippen LogP contribution in [0.15, 0.2) is 23.6 Å². The van der Waals surface area contributed by atoms with Crippen LogP contribution in [-0.4, -0.2) is 4.98 Å². The van der Waals surface area contributed by atoms with Crippen molar-refractivity contribution < 1.29 is 4.39 Å². The summed E-state index contributed by atoms with van der Waals surface area (Å²) in [7, 11) is 0. The Bertz CT molecular complexity index is 465. The molecule has 2 rings (SSSR count). The lowest BCUT2D eigenvalue weighted by Crippen LogP contribution is -1.88. The van der Waals surface area contributed by atoms with E-state index in [1.807, 2.05) is 11.4 Å². The minimum Gasteiger partial charge on any atom is -0.375 e. The lowest BCUT2D eigenvalue weighted by Gasteiger charge is -2.02. The smallest absolute Gasteiger partial charge is 0.180 e. The van der Waals surface area contributed by atoms with Crippen LogP contribution in [0, 0.1) is 12.7 Å². The number of nitrogens with zero attached hydrogens (tertiary/aromatic N) is 1. The maximum atomic E-state index is 13.2. The van der Waals surface area contributed by atoms with Crippen molar-refractivity contribution in [2.24, 2.45) is 0 Å². The van der Waals surface area contributed by atoms with Crippen molar-refractivity contribution in [3.63, 3.8) is 0 Å². The van der Waals surface area contributed by atoms with Gasteiger partial charge < -0.3 is 5.73 Å². The summed E-state index contributed by atoms with van der Waals surface area (Å²) < 4.78 is 13.2. The summed E-state index contributed by atoms with van der Waals surface area (Å²) in [4.78, 5) is 4.11. The van der Waals surface area contributed by atoms with Crippen LogP contribution in [0.25, 0.3) is 11.3 Å². The molecule has 0 radical (unpaired) electrons. The second-order valence-electron chi connectivity index (χ2n) is 2.98. The van der Waals surface area contributed by atoms with E-state index in [0.29, 0.717) is 10.7 Å². The van der Waals surface area contributed by atoms with E-state index in [-0.39, 0.29) is 5.82 Å². The van der Waals surface area contributed by atoms with Crippen molar-refractivity contribution in [1.82, 2.24) is 4.98 Å². The number of thiazole rings is 1. The van der Waals surface area contributed by atoms with Gasteiger partial charge in [-0.2, -0.15) is 0 Å². The Balaban J connectivity index is 2.57. The Morgan fingerprint density at radius 3 is 2.86 bits per heavy atom. The molecule has 1 aromatic carbocycles. The van der Waals surface area contributed by atoms with Crippen LogP contribution in [0.4, 0.5) is 9.52 Å². The molecule has 0 atom stereocenters. The first kappa shape index (κ1) is 9.15. The maximum absolute atomic E-state index is 13.2. The van der Waals surface area contributed by atoms with Crippen molar-refractivity contribution in [2.75, 3.05) is 5.73 Å². The molecule has 14 heavy (non-hydrogen) atoms. The van der Waals surface area contributed by atoms with Crippen molar-refractivity contribution in [1.29, 1.82) is 0 Å². The first-order chi connectivity index (χ1) is 6.68. The standard InChI is InChI=1S/C10H9FN2S/c1-6-7(3-2-4-8(6)11)9-5-14-10(12)13-9/h2-5H,1H3,(H2,12,13). The fourth-order valence-corrected chi connectivity index (χ4v) is 1.86. The lowest BCUT2D eigenvalue weighted by molar-refractivity contribution is 0.619. The lowest BCUT2D eigenvalue weighted by atomic mass is 10.1. The molecule has 1 aromatic heterocycles. The van der Waals surface area contributed by atoms with Crippen LogP contribution in [0.2, 0.25) is 0 Å². The number of anilines is 1. The predicted molar refractivity (Wildman–Crippen MR) is 56.7 cm³/mol. The maximum Gasteiger partial charge on any atom is 0.180 e. The molecule has 4 heteroatoms. The molecule has 0 fully saturated rings. The molecule has 2 aromatic rings. The molecule has 0 bridgehead atoms. The average molecular weight is 208 g/mol. The predicted octanol–water partition coefficient (Wildman–Crippen LogP) is 2.84. The van der Waals surface area contributed by atoms with E-state index in [1.54, 1.807) is 13.0 Å². The van der Waals surface area contributed by atoms with Crippen LogP contribution in [0.3, 0.4) is 0 Å². The van der Waals surface area contributed by atoms with Crippen LogP contribution < -0.4 is 5.73 Å². The zero-order valence-electron chi connectivity index (χ0n) is 7.62. The number of halogens is 1. The van der Waals surface area contributed by atoms with E-state index in [2.05, 4.69) is 4.98 Å². The highest BCUT2D eigenvalue weighted by molar-refractivity contribution is 7.13. The van der Waals surface area contributed by atoms with E-state index in [0.717, 1.165) is 11.3 Å². The average Bonchev–Trinajstić information content (AvgIpc) is 2.57. The van der Waals surface area contributed by atoms with E-state index in [1.165, 1.54) is 17.4 Å². The number of aromatic nitrogens is 1. The normalized spacial score (nSPS) is 10.4. The molecule has 0 saturated carbocycles. The van der Waals surface area contributed by atoms with Gasteiger partial charge in [-0.05, 0) is 18.6 Å². The molecular weight excluding hydrogens is 199 g/mol. The Kier molecular flexibility index (Phi) is 2.21. The van der Waals surface area contributed by atoms with Gasteiger partial charge in [-0.3, -0.25) is 0 Å². The molecular formula is C10H9FN2S. The number of nitrogens with two attached hydrogens (primary N) is 1. The fraction of sp³-hybridized carbons (Fsp3) is 0.100. The summed E-state index contributed by atoms with van der Waals surface area (Å²) in [5.41, 5.74) is 7.67. The van der Waals surface area contributed by atoms with Gasteiger partial charge in [0.25, 0.3) is 0 Å². The fourth-order valence-electron chi connectivity index (χ4n) is 1.30. The van der Waals surface area contributed by atoms with Crippen molar-refractivity contribution >= 4 is 16.5 Å². The van der Waals surface area contributed by atoms with E-state index in [4.69, 9.17) is 5.73 Å². The number of hydrogen-bond acceptors (Lipinski definition) is 3. The van der Waals surface area contributed by atoms with Crippen LogP contribution in [0.1, 0.15) is 5.56 Å². The van der Waals surface area contributed by atoms with Crippen molar-refractivity contribution in [2.45, 2.75) is 6.92 Å². The van der Waals surface area contributed by atoms with Gasteiger partial charge in [0.1, 0.15) is 5.82 Å². The van der Waals surface area contributed by atoms with Gasteiger partial charge in [-0.1, -0.05) is 12.1 Å². The second-order valence-corrected chi connectivity index (χ2v) is 3.87. The second kappa shape index (κ2) is 3.38. The summed E-state index contributed by atoms with van der Waals surface area (Å²) in [6.45, 7) is 1.74. The summed E-state index contributed by atoms with van der Waals surface area (Å²) >= 11 is 1.36. The molecule has 2 N–H and O–H groups in total. The van der Waals surface area contributed by atoms with Crippen LogP contribution in [0.5, 0.6) is 0 Å². The van der Waals surface area contributed by atoms with Crippen LogP contribution in [-0.2, 0) is 0 Å². The molecule has 0 aliphatic heterocycles.